The molecular weight excluding hydrogens is 66.0 g/mol. The molecule has 0 aliphatic carbocycles. The minimum absolute atomic E-state index is 0.684. The van der Waals surface area contributed by atoms with Gasteiger partial charge in [0.05, 0.1) is 12.3 Å². The highest BCUT2D eigenvalue weighted by atomic mass is 16.1. The van der Waals surface area contributed by atoms with Gasteiger partial charge >= 0.3 is 0 Å². The van der Waals surface area contributed by atoms with Crippen LogP contribution in [-0.2, 0) is 4.79 Å². The van der Waals surface area contributed by atoms with Crippen LogP contribution in [-0.4, -0.2) is 18.5 Å². The van der Waals surface area contributed by atoms with Gasteiger partial charge in [0, 0.05) is 0 Å². The normalized spacial score (nSPS) is 17.2. The smallest absolute Gasteiger partial charge is 0.165 e. The first-order valence-corrected chi connectivity index (χ1v) is 1.42. The van der Waals surface area contributed by atoms with Crippen LogP contribution < -0.4 is 0 Å². The van der Waals surface area contributed by atoms with Crippen LogP contribution >= 0.6 is 0 Å². The number of aldehydes is 1. The van der Waals surface area contributed by atoms with Crippen LogP contribution in [0, 0.1) is 0 Å². The Balaban J connectivity index is 2.49. The summed E-state index contributed by atoms with van der Waals surface area (Å²) in [5.41, 5.74) is 0.699. The van der Waals surface area contributed by atoms with Crippen molar-refractivity contribution in [1.82, 2.24) is 0 Å². The SMILES string of the molecule is O=CC1=NC1. The van der Waals surface area contributed by atoms with Gasteiger partial charge < -0.3 is 0 Å². The van der Waals surface area contributed by atoms with E-state index in [1.54, 1.807) is 0 Å². The molecule has 2 heteroatoms. The number of aliphatic imine (C=N–C) groups is 1. The van der Waals surface area contributed by atoms with Crippen molar-refractivity contribution in [2.24, 2.45) is 4.99 Å². The molecule has 0 bridgehead atoms. The van der Waals surface area contributed by atoms with Gasteiger partial charge in [0.1, 0.15) is 0 Å². The topological polar surface area (TPSA) is 29.4 Å². The third kappa shape index (κ3) is 0.318. The fourth-order valence-corrected chi connectivity index (χ4v) is 0.120. The molecule has 0 fully saturated rings. The Labute approximate surface area is 29.5 Å². The number of rotatable bonds is 1. The van der Waals surface area contributed by atoms with Crippen LogP contribution in [0.4, 0.5) is 0 Å². The number of hydrogen-bond acceptors (Lipinski definition) is 2. The summed E-state index contributed by atoms with van der Waals surface area (Å²) in [5.74, 6) is 0. The number of nitrogens with zero attached hydrogens (tertiary/aromatic N) is 1. The quantitative estimate of drug-likeness (QED) is 0.386. The van der Waals surface area contributed by atoms with Crippen molar-refractivity contribution in [2.45, 2.75) is 0 Å². The molecule has 1 aliphatic rings. The van der Waals surface area contributed by atoms with Gasteiger partial charge in [-0.25, -0.2) is 0 Å². The van der Waals surface area contributed by atoms with Crippen molar-refractivity contribution in [2.75, 3.05) is 6.54 Å². The zero-order chi connectivity index (χ0) is 3.70. The summed E-state index contributed by atoms with van der Waals surface area (Å²) in [6.07, 6.45) is 0.778. The summed E-state index contributed by atoms with van der Waals surface area (Å²) in [6, 6.07) is 0. The number of hydrogen-bond donors (Lipinski definition) is 0. The van der Waals surface area contributed by atoms with Gasteiger partial charge in [0.25, 0.3) is 0 Å². The lowest BCUT2D eigenvalue weighted by Crippen LogP contribution is -1.77. The summed E-state index contributed by atoms with van der Waals surface area (Å²) in [6.45, 7) is 0.684. The second-order valence-corrected chi connectivity index (χ2v) is 0.925. The summed E-state index contributed by atoms with van der Waals surface area (Å²) in [7, 11) is 0. The first-order chi connectivity index (χ1) is 2.43. The van der Waals surface area contributed by atoms with Crippen LogP contribution in [0.25, 0.3) is 0 Å². The van der Waals surface area contributed by atoms with Gasteiger partial charge in [0.15, 0.2) is 6.29 Å². The first-order valence-electron chi connectivity index (χ1n) is 1.42. The zero-order valence-electron chi connectivity index (χ0n) is 2.64. The molecule has 26 valence electrons. The van der Waals surface area contributed by atoms with Gasteiger partial charge in [-0.2, -0.15) is 0 Å². The lowest BCUT2D eigenvalue weighted by molar-refractivity contribution is -0.102. The predicted molar refractivity (Wildman–Crippen MR) is 18.4 cm³/mol. The fourth-order valence-electron chi connectivity index (χ4n) is 0.120. The average Bonchev–Trinajstić information content (AvgIpc) is 2.12. The van der Waals surface area contributed by atoms with E-state index >= 15 is 0 Å². The second-order valence-electron chi connectivity index (χ2n) is 0.925. The molecule has 0 saturated heterocycles. The molecule has 1 heterocycles. The molecule has 0 aromatic rings. The molecule has 1 aliphatic heterocycles. The number of carbonyl (C=O) groups is 1. The van der Waals surface area contributed by atoms with E-state index in [1.807, 2.05) is 0 Å². The predicted octanol–water partition coefficient (Wildman–Crippen LogP) is -0.360. The molecule has 1 rings (SSSR count). The lowest BCUT2D eigenvalue weighted by atomic mass is 10.6. The molecular formula is C3H3NO. The fraction of sp³-hybridized carbons (Fsp3) is 0.333. The Bertz CT molecular complexity index is 82.1. The maximum Gasteiger partial charge on any atom is 0.165 e. The van der Waals surface area contributed by atoms with E-state index < -0.39 is 0 Å². The summed E-state index contributed by atoms with van der Waals surface area (Å²) in [4.78, 5) is 13.0. The largest absolute Gasteiger partial charge is 0.296 e. The van der Waals surface area contributed by atoms with E-state index in [0.717, 1.165) is 6.29 Å². The van der Waals surface area contributed by atoms with Gasteiger partial charge in [0.2, 0.25) is 0 Å². The number of carbonyl (C=O) groups excluding carboxylic acids is 1. The standard InChI is InChI=1S/C3H3NO/c5-2-3-1-4-3/h2H,1H2. The third-order valence-corrected chi connectivity index (χ3v) is 0.477. The highest BCUT2D eigenvalue weighted by Gasteiger charge is 2.04. The molecule has 0 saturated carbocycles. The molecule has 0 aromatic carbocycles. The highest BCUT2D eigenvalue weighted by molar-refractivity contribution is 6.35. The maximum absolute atomic E-state index is 9.44. The molecule has 0 aromatic heterocycles. The summed E-state index contributed by atoms with van der Waals surface area (Å²) in [5, 5.41) is 0. The Morgan fingerprint density at radius 1 is 2.00 bits per heavy atom. The van der Waals surface area contributed by atoms with Gasteiger partial charge in [-0.1, -0.05) is 0 Å². The molecule has 0 atom stereocenters. The van der Waals surface area contributed by atoms with E-state index in [4.69, 9.17) is 0 Å². The van der Waals surface area contributed by atoms with Crippen molar-refractivity contribution >= 4 is 12.0 Å². The Morgan fingerprint density at radius 2 is 2.60 bits per heavy atom. The van der Waals surface area contributed by atoms with Crippen molar-refractivity contribution < 1.29 is 4.79 Å². The van der Waals surface area contributed by atoms with Gasteiger partial charge in [-0.15, -0.1) is 0 Å². The van der Waals surface area contributed by atoms with Crippen LogP contribution in [0.1, 0.15) is 0 Å². The minimum atomic E-state index is 0.684. The van der Waals surface area contributed by atoms with Crippen molar-refractivity contribution in [3.63, 3.8) is 0 Å². The lowest BCUT2D eigenvalue weighted by Gasteiger charge is -1.43. The summed E-state index contributed by atoms with van der Waals surface area (Å²) < 4.78 is 0. The van der Waals surface area contributed by atoms with Crippen molar-refractivity contribution in [3.8, 4) is 0 Å². The van der Waals surface area contributed by atoms with Crippen LogP contribution in [0.3, 0.4) is 0 Å². The second kappa shape index (κ2) is 0.641. The minimum Gasteiger partial charge on any atom is -0.296 e. The van der Waals surface area contributed by atoms with Gasteiger partial charge in [-0.05, 0) is 0 Å². The maximum atomic E-state index is 9.44. The zero-order valence-corrected chi connectivity index (χ0v) is 2.64. The van der Waals surface area contributed by atoms with Crippen molar-refractivity contribution in [3.05, 3.63) is 0 Å². The van der Waals surface area contributed by atoms with Crippen molar-refractivity contribution in [1.29, 1.82) is 0 Å². The van der Waals surface area contributed by atoms with Crippen LogP contribution in [0.2, 0.25) is 0 Å². The molecule has 0 unspecified atom stereocenters. The van der Waals surface area contributed by atoms with E-state index in [-0.39, 0.29) is 0 Å². The van der Waals surface area contributed by atoms with E-state index in [1.165, 1.54) is 0 Å². The summed E-state index contributed by atoms with van der Waals surface area (Å²) >= 11 is 0. The van der Waals surface area contributed by atoms with Gasteiger partial charge in [-0.3, -0.25) is 9.79 Å². The van der Waals surface area contributed by atoms with E-state index in [2.05, 4.69) is 4.99 Å². The molecule has 0 N–H and O–H groups in total. The first kappa shape index (κ1) is 2.57. The van der Waals surface area contributed by atoms with E-state index in [9.17, 15) is 4.79 Å². The highest BCUT2D eigenvalue weighted by Crippen LogP contribution is 1.88. The Kier molecular flexibility index (Phi) is 0.330. The van der Waals surface area contributed by atoms with Crippen LogP contribution in [0.5, 0.6) is 0 Å². The third-order valence-electron chi connectivity index (χ3n) is 0.477. The molecule has 5 heavy (non-hydrogen) atoms. The molecule has 2 nitrogen and oxygen atoms in total. The molecule has 0 spiro atoms. The molecule has 0 radical (unpaired) electrons. The Morgan fingerprint density at radius 3 is 2.60 bits per heavy atom. The van der Waals surface area contributed by atoms with E-state index in [0.29, 0.717) is 12.3 Å². The van der Waals surface area contributed by atoms with Crippen LogP contribution in [0.15, 0.2) is 4.99 Å². The monoisotopic (exact) mass is 69.0 g/mol. The average molecular weight is 69.1 g/mol. The molecule has 0 amide bonds. The Hall–Kier alpha value is -0.660.